The van der Waals surface area contributed by atoms with Crippen molar-refractivity contribution in [3.05, 3.63) is 29.8 Å². The molecule has 0 amide bonds. The van der Waals surface area contributed by atoms with Crippen LogP contribution in [0.4, 0.5) is 0 Å². The Bertz CT molecular complexity index is 325. The standard InChI is InChI=1S/C13H18ClNOS/c14-11-12-1-3-13(4-2-12)17-10-7-15-5-8-16-9-6-15/h1-4H,5-11H2. The van der Waals surface area contributed by atoms with E-state index in [1.165, 1.54) is 10.5 Å². The lowest BCUT2D eigenvalue weighted by Crippen LogP contribution is -2.37. The first-order valence-corrected chi connectivity index (χ1v) is 7.48. The molecule has 0 atom stereocenters. The molecule has 1 aromatic carbocycles. The van der Waals surface area contributed by atoms with Gasteiger partial charge in [0.25, 0.3) is 0 Å². The van der Waals surface area contributed by atoms with Crippen molar-refractivity contribution in [1.29, 1.82) is 0 Å². The normalized spacial score (nSPS) is 17.2. The maximum atomic E-state index is 5.76. The number of hydrogen-bond acceptors (Lipinski definition) is 3. The van der Waals surface area contributed by atoms with Crippen molar-refractivity contribution in [2.24, 2.45) is 0 Å². The Hall–Kier alpha value is -0.220. The minimum Gasteiger partial charge on any atom is -0.379 e. The molecule has 0 aromatic heterocycles. The third kappa shape index (κ3) is 4.51. The van der Waals surface area contributed by atoms with Crippen LogP contribution in [0, 0.1) is 0 Å². The predicted molar refractivity (Wildman–Crippen MR) is 74.0 cm³/mol. The van der Waals surface area contributed by atoms with Gasteiger partial charge >= 0.3 is 0 Å². The van der Waals surface area contributed by atoms with Crippen molar-refractivity contribution in [3.63, 3.8) is 0 Å². The largest absolute Gasteiger partial charge is 0.379 e. The highest BCUT2D eigenvalue weighted by Crippen LogP contribution is 2.19. The monoisotopic (exact) mass is 271 g/mol. The van der Waals surface area contributed by atoms with Crippen LogP contribution >= 0.6 is 23.4 Å². The maximum absolute atomic E-state index is 5.76. The summed E-state index contributed by atoms with van der Waals surface area (Å²) >= 11 is 7.67. The van der Waals surface area contributed by atoms with E-state index in [2.05, 4.69) is 29.2 Å². The fourth-order valence-electron chi connectivity index (χ4n) is 1.79. The second kappa shape index (κ2) is 7.27. The zero-order chi connectivity index (χ0) is 11.9. The van der Waals surface area contributed by atoms with Crippen LogP contribution in [0.1, 0.15) is 5.56 Å². The highest BCUT2D eigenvalue weighted by molar-refractivity contribution is 7.99. The summed E-state index contributed by atoms with van der Waals surface area (Å²) in [5.74, 6) is 1.74. The number of alkyl halides is 1. The van der Waals surface area contributed by atoms with E-state index in [1.807, 2.05) is 11.8 Å². The third-order valence-corrected chi connectivity index (χ3v) is 4.16. The van der Waals surface area contributed by atoms with Crippen molar-refractivity contribution in [2.45, 2.75) is 10.8 Å². The van der Waals surface area contributed by atoms with E-state index in [-0.39, 0.29) is 0 Å². The quantitative estimate of drug-likeness (QED) is 0.604. The SMILES string of the molecule is ClCc1ccc(SCCN2CCOCC2)cc1. The number of halogens is 1. The minimum absolute atomic E-state index is 0.596. The Labute approximate surface area is 112 Å². The summed E-state index contributed by atoms with van der Waals surface area (Å²) in [5, 5.41) is 0. The van der Waals surface area contributed by atoms with Gasteiger partial charge in [-0.2, -0.15) is 0 Å². The van der Waals surface area contributed by atoms with Crippen molar-refractivity contribution < 1.29 is 4.74 Å². The Morgan fingerprint density at radius 1 is 1.18 bits per heavy atom. The molecule has 1 aromatic rings. The highest BCUT2D eigenvalue weighted by atomic mass is 35.5. The summed E-state index contributed by atoms with van der Waals surface area (Å²) in [6, 6.07) is 8.51. The molecular weight excluding hydrogens is 254 g/mol. The van der Waals surface area contributed by atoms with Gasteiger partial charge in [0, 0.05) is 36.2 Å². The van der Waals surface area contributed by atoms with Crippen molar-refractivity contribution in [2.75, 3.05) is 38.6 Å². The van der Waals surface area contributed by atoms with Crippen LogP contribution in [0.15, 0.2) is 29.2 Å². The molecule has 2 rings (SSSR count). The van der Waals surface area contributed by atoms with Crippen LogP contribution in [0.25, 0.3) is 0 Å². The number of nitrogens with zero attached hydrogens (tertiary/aromatic N) is 1. The molecule has 0 spiro atoms. The van der Waals surface area contributed by atoms with E-state index in [9.17, 15) is 0 Å². The molecule has 94 valence electrons. The fraction of sp³-hybridized carbons (Fsp3) is 0.538. The van der Waals surface area contributed by atoms with Gasteiger partial charge in [-0.05, 0) is 17.7 Å². The third-order valence-electron chi connectivity index (χ3n) is 2.86. The van der Waals surface area contributed by atoms with Gasteiger partial charge in [-0.15, -0.1) is 23.4 Å². The summed E-state index contributed by atoms with van der Waals surface area (Å²) in [4.78, 5) is 3.79. The molecule has 1 fully saturated rings. The van der Waals surface area contributed by atoms with E-state index in [0.717, 1.165) is 38.6 Å². The lowest BCUT2D eigenvalue weighted by molar-refractivity contribution is 0.0410. The van der Waals surface area contributed by atoms with Gasteiger partial charge in [0.2, 0.25) is 0 Å². The lowest BCUT2D eigenvalue weighted by Gasteiger charge is -2.26. The van der Waals surface area contributed by atoms with Gasteiger partial charge in [-0.3, -0.25) is 4.90 Å². The molecule has 0 unspecified atom stereocenters. The molecule has 0 saturated carbocycles. The fourth-order valence-corrected chi connectivity index (χ4v) is 2.88. The first-order valence-electron chi connectivity index (χ1n) is 5.96. The summed E-state index contributed by atoms with van der Waals surface area (Å²) < 4.78 is 5.33. The topological polar surface area (TPSA) is 12.5 Å². The molecule has 0 aliphatic carbocycles. The molecule has 2 nitrogen and oxygen atoms in total. The van der Waals surface area contributed by atoms with Crippen LogP contribution in [0.2, 0.25) is 0 Å². The van der Waals surface area contributed by atoms with Crippen LogP contribution in [-0.4, -0.2) is 43.5 Å². The molecule has 4 heteroatoms. The number of thioether (sulfide) groups is 1. The second-order valence-corrected chi connectivity index (χ2v) is 5.52. The van der Waals surface area contributed by atoms with Crippen molar-refractivity contribution >= 4 is 23.4 Å². The van der Waals surface area contributed by atoms with E-state index in [4.69, 9.17) is 16.3 Å². The number of rotatable bonds is 5. The molecule has 1 saturated heterocycles. The van der Waals surface area contributed by atoms with E-state index >= 15 is 0 Å². The van der Waals surface area contributed by atoms with Gasteiger partial charge in [0.15, 0.2) is 0 Å². The number of benzene rings is 1. The molecule has 1 heterocycles. The van der Waals surface area contributed by atoms with Crippen LogP contribution in [0.3, 0.4) is 0 Å². The Morgan fingerprint density at radius 2 is 1.88 bits per heavy atom. The smallest absolute Gasteiger partial charge is 0.0594 e. The number of ether oxygens (including phenoxy) is 1. The Kier molecular flexibility index (Phi) is 5.65. The average Bonchev–Trinajstić information content (AvgIpc) is 2.41. The van der Waals surface area contributed by atoms with Gasteiger partial charge in [-0.25, -0.2) is 0 Å². The van der Waals surface area contributed by atoms with Gasteiger partial charge in [-0.1, -0.05) is 12.1 Å². The first kappa shape index (κ1) is 13.2. The minimum atomic E-state index is 0.596. The van der Waals surface area contributed by atoms with E-state index in [1.54, 1.807) is 0 Å². The lowest BCUT2D eigenvalue weighted by atomic mass is 10.2. The van der Waals surface area contributed by atoms with Crippen LogP contribution in [0.5, 0.6) is 0 Å². The average molecular weight is 272 g/mol. The van der Waals surface area contributed by atoms with Gasteiger partial charge in [0.1, 0.15) is 0 Å². The molecule has 1 aliphatic rings. The highest BCUT2D eigenvalue weighted by Gasteiger charge is 2.09. The zero-order valence-electron chi connectivity index (χ0n) is 9.90. The molecule has 17 heavy (non-hydrogen) atoms. The van der Waals surface area contributed by atoms with Crippen LogP contribution in [-0.2, 0) is 10.6 Å². The van der Waals surface area contributed by atoms with Crippen molar-refractivity contribution in [1.82, 2.24) is 4.90 Å². The van der Waals surface area contributed by atoms with Crippen LogP contribution < -0.4 is 0 Å². The molecular formula is C13H18ClNOS. The maximum Gasteiger partial charge on any atom is 0.0594 e. The molecule has 0 radical (unpaired) electrons. The molecule has 0 N–H and O–H groups in total. The zero-order valence-corrected chi connectivity index (χ0v) is 11.5. The molecule has 1 aliphatic heterocycles. The Morgan fingerprint density at radius 3 is 2.53 bits per heavy atom. The number of morpholine rings is 1. The van der Waals surface area contributed by atoms with Crippen molar-refractivity contribution in [3.8, 4) is 0 Å². The van der Waals surface area contributed by atoms with Gasteiger partial charge < -0.3 is 4.74 Å². The van der Waals surface area contributed by atoms with E-state index < -0.39 is 0 Å². The van der Waals surface area contributed by atoms with Gasteiger partial charge in [0.05, 0.1) is 13.2 Å². The number of hydrogen-bond donors (Lipinski definition) is 0. The first-order chi connectivity index (χ1) is 8.38. The summed E-state index contributed by atoms with van der Waals surface area (Å²) in [5.41, 5.74) is 1.18. The second-order valence-electron chi connectivity index (χ2n) is 4.08. The summed E-state index contributed by atoms with van der Waals surface area (Å²) in [6.45, 7) is 5.06. The summed E-state index contributed by atoms with van der Waals surface area (Å²) in [7, 11) is 0. The Balaban J connectivity index is 1.69. The predicted octanol–water partition coefficient (Wildman–Crippen LogP) is 2.85. The van der Waals surface area contributed by atoms with E-state index in [0.29, 0.717) is 5.88 Å². The summed E-state index contributed by atoms with van der Waals surface area (Å²) in [6.07, 6.45) is 0. The molecule has 0 bridgehead atoms.